The molecule has 0 saturated carbocycles. The fourth-order valence-corrected chi connectivity index (χ4v) is 3.55. The molecular formula is C14H17F3N4OS. The fourth-order valence-electron chi connectivity index (χ4n) is 2.83. The summed E-state index contributed by atoms with van der Waals surface area (Å²) in [6, 6.07) is 0. The first-order valence-electron chi connectivity index (χ1n) is 7.38. The second-order valence-corrected chi connectivity index (χ2v) is 6.61. The number of hydrogen-bond acceptors (Lipinski definition) is 4. The molecule has 0 spiro atoms. The molecule has 126 valence electrons. The Morgan fingerprint density at radius 3 is 3.04 bits per heavy atom. The third kappa shape index (κ3) is 4.23. The molecule has 3 heterocycles. The van der Waals surface area contributed by atoms with E-state index in [9.17, 15) is 18.0 Å². The number of imidazole rings is 1. The summed E-state index contributed by atoms with van der Waals surface area (Å²) in [5.41, 5.74) is 0.910. The lowest BCUT2D eigenvalue weighted by Gasteiger charge is -2.31. The predicted octanol–water partition coefficient (Wildman–Crippen LogP) is 2.29. The van der Waals surface area contributed by atoms with Crippen LogP contribution in [0.3, 0.4) is 0 Å². The standard InChI is InChI=1S/C14H17F3N4OS/c15-14(16,17)9-18-12(22)10-2-1-3-20(6-10)7-11-8-21-4-5-23-13(21)19-11/h4-5,8,10H,1-3,6-7,9H2,(H,18,22). The third-order valence-corrected chi connectivity index (χ3v) is 4.64. The van der Waals surface area contributed by atoms with E-state index in [0.29, 0.717) is 19.5 Å². The topological polar surface area (TPSA) is 49.6 Å². The van der Waals surface area contributed by atoms with Crippen LogP contribution in [-0.4, -0.2) is 46.0 Å². The average Bonchev–Trinajstić information content (AvgIpc) is 3.05. The maximum atomic E-state index is 12.2. The Kier molecular flexibility index (Phi) is 4.58. The molecule has 1 aliphatic heterocycles. The molecule has 1 amide bonds. The monoisotopic (exact) mass is 346 g/mol. The molecular weight excluding hydrogens is 329 g/mol. The Balaban J connectivity index is 1.55. The molecule has 1 saturated heterocycles. The van der Waals surface area contributed by atoms with E-state index in [0.717, 1.165) is 23.6 Å². The van der Waals surface area contributed by atoms with Crippen LogP contribution < -0.4 is 5.32 Å². The van der Waals surface area contributed by atoms with Crippen LogP contribution in [0, 0.1) is 5.92 Å². The van der Waals surface area contributed by atoms with E-state index >= 15 is 0 Å². The van der Waals surface area contributed by atoms with Crippen LogP contribution in [0.4, 0.5) is 13.2 Å². The van der Waals surface area contributed by atoms with Gasteiger partial charge in [0.15, 0.2) is 4.96 Å². The summed E-state index contributed by atoms with van der Waals surface area (Å²) in [4.78, 5) is 19.4. The number of carbonyl (C=O) groups excluding carboxylic acids is 1. The van der Waals surface area contributed by atoms with Crippen molar-refractivity contribution in [2.24, 2.45) is 5.92 Å². The van der Waals surface area contributed by atoms with Crippen LogP contribution in [0.15, 0.2) is 17.8 Å². The first-order valence-corrected chi connectivity index (χ1v) is 8.26. The number of rotatable bonds is 4. The average molecular weight is 346 g/mol. The van der Waals surface area contributed by atoms with Crippen molar-refractivity contribution < 1.29 is 18.0 Å². The number of amides is 1. The molecule has 1 fully saturated rings. The number of hydrogen-bond donors (Lipinski definition) is 1. The highest BCUT2D eigenvalue weighted by Crippen LogP contribution is 2.20. The number of alkyl halides is 3. The molecule has 1 atom stereocenters. The third-order valence-electron chi connectivity index (χ3n) is 3.87. The van der Waals surface area contributed by atoms with Crippen molar-refractivity contribution in [2.45, 2.75) is 25.6 Å². The summed E-state index contributed by atoms with van der Waals surface area (Å²) in [6.45, 7) is 0.639. The van der Waals surface area contributed by atoms with Gasteiger partial charge in [-0.3, -0.25) is 14.1 Å². The molecule has 0 bridgehead atoms. The zero-order chi connectivity index (χ0) is 16.4. The number of nitrogens with one attached hydrogen (secondary N) is 1. The maximum absolute atomic E-state index is 12.2. The van der Waals surface area contributed by atoms with Crippen LogP contribution in [0.25, 0.3) is 4.96 Å². The van der Waals surface area contributed by atoms with Crippen LogP contribution >= 0.6 is 11.3 Å². The van der Waals surface area contributed by atoms with Crippen LogP contribution in [-0.2, 0) is 11.3 Å². The normalized spacial score (nSPS) is 20.0. The molecule has 3 rings (SSSR count). The molecule has 2 aromatic heterocycles. The van der Waals surface area contributed by atoms with Crippen LogP contribution in [0.5, 0.6) is 0 Å². The quantitative estimate of drug-likeness (QED) is 0.924. The highest BCUT2D eigenvalue weighted by atomic mass is 32.1. The summed E-state index contributed by atoms with van der Waals surface area (Å²) < 4.78 is 38.5. The van der Waals surface area contributed by atoms with Gasteiger partial charge in [-0.2, -0.15) is 13.2 Å². The van der Waals surface area contributed by atoms with Gasteiger partial charge in [0.05, 0.1) is 11.6 Å². The largest absolute Gasteiger partial charge is 0.405 e. The van der Waals surface area contributed by atoms with Gasteiger partial charge in [0.1, 0.15) is 6.54 Å². The maximum Gasteiger partial charge on any atom is 0.405 e. The van der Waals surface area contributed by atoms with E-state index in [4.69, 9.17) is 0 Å². The molecule has 1 unspecified atom stereocenters. The fraction of sp³-hybridized carbons (Fsp3) is 0.571. The van der Waals surface area contributed by atoms with Crippen molar-refractivity contribution in [2.75, 3.05) is 19.6 Å². The molecule has 0 aliphatic carbocycles. The lowest BCUT2D eigenvalue weighted by Crippen LogP contribution is -2.44. The minimum absolute atomic E-state index is 0.394. The van der Waals surface area contributed by atoms with Crippen molar-refractivity contribution >= 4 is 22.2 Å². The molecule has 2 aromatic rings. The highest BCUT2D eigenvalue weighted by Gasteiger charge is 2.31. The van der Waals surface area contributed by atoms with Gasteiger partial charge < -0.3 is 5.32 Å². The lowest BCUT2D eigenvalue weighted by atomic mass is 9.97. The molecule has 23 heavy (non-hydrogen) atoms. The van der Waals surface area contributed by atoms with E-state index in [1.54, 1.807) is 11.3 Å². The molecule has 0 aromatic carbocycles. The predicted molar refractivity (Wildman–Crippen MR) is 80.1 cm³/mol. The minimum atomic E-state index is -4.37. The summed E-state index contributed by atoms with van der Waals surface area (Å²) in [7, 11) is 0. The van der Waals surface area contributed by atoms with Crippen LogP contribution in [0.1, 0.15) is 18.5 Å². The second kappa shape index (κ2) is 6.48. The van der Waals surface area contributed by atoms with Gasteiger partial charge in [-0.25, -0.2) is 4.98 Å². The van der Waals surface area contributed by atoms with Gasteiger partial charge in [0.25, 0.3) is 0 Å². The number of fused-ring (bicyclic) bond motifs is 1. The van der Waals surface area contributed by atoms with Gasteiger partial charge in [0, 0.05) is 30.9 Å². The van der Waals surface area contributed by atoms with Crippen molar-refractivity contribution in [3.63, 3.8) is 0 Å². The van der Waals surface area contributed by atoms with Gasteiger partial charge >= 0.3 is 6.18 Å². The highest BCUT2D eigenvalue weighted by molar-refractivity contribution is 7.15. The Morgan fingerprint density at radius 1 is 1.48 bits per heavy atom. The summed E-state index contributed by atoms with van der Waals surface area (Å²) >= 11 is 1.55. The van der Waals surface area contributed by atoms with Gasteiger partial charge in [-0.1, -0.05) is 0 Å². The van der Waals surface area contributed by atoms with Gasteiger partial charge in [-0.05, 0) is 19.4 Å². The number of aromatic nitrogens is 2. The Hall–Kier alpha value is -1.61. The first kappa shape index (κ1) is 16.3. The molecule has 1 aliphatic rings. The van der Waals surface area contributed by atoms with Crippen molar-refractivity contribution in [1.82, 2.24) is 19.6 Å². The molecule has 1 N–H and O–H groups in total. The smallest absolute Gasteiger partial charge is 0.347 e. The zero-order valence-electron chi connectivity index (χ0n) is 12.3. The molecule has 9 heteroatoms. The second-order valence-electron chi connectivity index (χ2n) is 5.73. The zero-order valence-corrected chi connectivity index (χ0v) is 13.2. The van der Waals surface area contributed by atoms with E-state index < -0.39 is 24.5 Å². The van der Waals surface area contributed by atoms with E-state index in [1.165, 1.54) is 0 Å². The first-order chi connectivity index (χ1) is 10.9. The lowest BCUT2D eigenvalue weighted by molar-refractivity contribution is -0.141. The number of likely N-dealkylation sites (tertiary alicyclic amines) is 1. The van der Waals surface area contributed by atoms with Crippen molar-refractivity contribution in [3.05, 3.63) is 23.5 Å². The summed E-state index contributed by atoms with van der Waals surface area (Å²) in [6.07, 6.45) is 0.927. The van der Waals surface area contributed by atoms with E-state index in [-0.39, 0.29) is 0 Å². The number of halogens is 3. The van der Waals surface area contributed by atoms with E-state index in [2.05, 4.69) is 9.88 Å². The van der Waals surface area contributed by atoms with Crippen LogP contribution in [0.2, 0.25) is 0 Å². The number of carbonyl (C=O) groups is 1. The van der Waals surface area contributed by atoms with Crippen molar-refractivity contribution in [3.8, 4) is 0 Å². The van der Waals surface area contributed by atoms with E-state index in [1.807, 2.05) is 27.5 Å². The Morgan fingerprint density at radius 2 is 2.30 bits per heavy atom. The summed E-state index contributed by atoms with van der Waals surface area (Å²) in [5.74, 6) is -0.910. The number of piperidine rings is 1. The Labute approximate surface area is 135 Å². The molecule has 0 radical (unpaired) electrons. The SMILES string of the molecule is O=C(NCC(F)(F)F)C1CCCN(Cc2cn3ccsc3n2)C1. The Bertz CT molecular complexity index is 652. The van der Waals surface area contributed by atoms with Gasteiger partial charge in [-0.15, -0.1) is 11.3 Å². The number of nitrogens with zero attached hydrogens (tertiary/aromatic N) is 3. The summed E-state index contributed by atoms with van der Waals surface area (Å²) in [5, 5.41) is 3.94. The minimum Gasteiger partial charge on any atom is -0.347 e. The number of thiazole rings is 1. The molecule has 5 nitrogen and oxygen atoms in total. The van der Waals surface area contributed by atoms with Gasteiger partial charge in [0.2, 0.25) is 5.91 Å². The van der Waals surface area contributed by atoms with Crippen molar-refractivity contribution in [1.29, 1.82) is 0 Å².